The van der Waals surface area contributed by atoms with E-state index in [1.54, 1.807) is 49.1 Å². The molecule has 0 aromatic carbocycles. The Balaban J connectivity index is -0.00000334. The van der Waals surface area contributed by atoms with Crippen LogP contribution in [-0.2, 0) is 19.0 Å². The summed E-state index contributed by atoms with van der Waals surface area (Å²) < 4.78 is 47.5. The number of cyclic esters (lactones) is 1. The molecule has 0 unspecified atom stereocenters. The van der Waals surface area contributed by atoms with Crippen LogP contribution in [0.3, 0.4) is 0 Å². The van der Waals surface area contributed by atoms with Gasteiger partial charge in [0.05, 0.1) is 36.4 Å². The Hall–Kier alpha value is -2.32. The number of amides is 1. The van der Waals surface area contributed by atoms with Crippen molar-refractivity contribution in [1.29, 1.82) is 0 Å². The highest BCUT2D eigenvalue weighted by Crippen LogP contribution is 2.37. The second kappa shape index (κ2) is 19.3. The van der Waals surface area contributed by atoms with Crippen LogP contribution < -0.4 is 5.32 Å². The lowest BCUT2D eigenvalue weighted by Gasteiger charge is -2.37. The van der Waals surface area contributed by atoms with Crippen LogP contribution in [-0.4, -0.2) is 136 Å². The Kier molecular flexibility index (Phi) is 15.0. The summed E-state index contributed by atoms with van der Waals surface area (Å²) in [6.45, 7) is 15.1. The normalized spacial score (nSPS) is 34.1. The van der Waals surface area contributed by atoms with Gasteiger partial charge in [0.25, 0.3) is 0 Å². The summed E-state index contributed by atoms with van der Waals surface area (Å²) in [5.74, 6) is -0.953. The molecule has 2 fully saturated rings. The van der Waals surface area contributed by atoms with Crippen LogP contribution in [0.15, 0.2) is 36.0 Å². The van der Waals surface area contributed by atoms with E-state index in [0.29, 0.717) is 31.5 Å². The molecule has 0 aromatic rings. The summed E-state index contributed by atoms with van der Waals surface area (Å²) in [7, 11) is 1.91. The van der Waals surface area contributed by atoms with Crippen molar-refractivity contribution in [3.05, 3.63) is 36.0 Å². The smallest absolute Gasteiger partial charge is 0.410 e. The van der Waals surface area contributed by atoms with Gasteiger partial charge in [-0.3, -0.25) is 9.69 Å². The molecule has 3 heterocycles. The molecule has 5 N–H and O–H groups in total. The Morgan fingerprint density at radius 1 is 1.31 bits per heavy atom. The summed E-state index contributed by atoms with van der Waals surface area (Å²) in [5.41, 5.74) is -1.94. The fourth-order valence-electron chi connectivity index (χ4n) is 6.41. The zero-order valence-electron chi connectivity index (χ0n) is 36.0. The monoisotopic (exact) mass is 711 g/mol. The third-order valence-corrected chi connectivity index (χ3v) is 9.90. The first-order valence-corrected chi connectivity index (χ1v) is 17.6. The number of epoxide rings is 1. The number of aliphatic hydroxyl groups is 4. The first-order chi connectivity index (χ1) is 25.6. The molecular weight excluding hydrogens is 630 g/mol. The van der Waals surface area contributed by atoms with Crippen molar-refractivity contribution >= 4 is 12.1 Å². The molecule has 0 radical (unpaired) electrons. The SMILES string of the molecule is C.CC[C@H](O)[C@@H](C)[C@H]1O[C@@H]1C[C@@](C)(O)/C=C/C=C(\C)[C@H]1OC(=O)C[C@H](O)CC[C@@](C)(O)[C@@H](OC(=O)N2CCN(CCNC)CC2)/C=C/[C@@H]1C.[2HH].[2H][2H].[2H][2H].[2H][2H]. The molecular formula is C37H73N3O9. The number of carbonyl (C=O) groups is 2. The van der Waals surface area contributed by atoms with E-state index in [1.165, 1.54) is 0 Å². The van der Waals surface area contributed by atoms with Gasteiger partial charge in [-0.15, -0.1) is 0 Å². The lowest BCUT2D eigenvalue weighted by Crippen LogP contribution is -2.52. The van der Waals surface area contributed by atoms with Crippen LogP contribution in [0.25, 0.3) is 0 Å². The average Bonchev–Trinajstić information content (AvgIpc) is 3.92. The average molecular weight is 711 g/mol. The third kappa shape index (κ3) is 13.4. The quantitative estimate of drug-likeness (QED) is 0.0855. The molecule has 3 rings (SSSR count). The topological polar surface area (TPSA) is 165 Å². The third-order valence-electron chi connectivity index (χ3n) is 9.90. The van der Waals surface area contributed by atoms with Crippen LogP contribution in [0.4, 0.5) is 4.79 Å². The summed E-state index contributed by atoms with van der Waals surface area (Å²) in [5, 5.41) is 46.3. The number of likely N-dealkylation sites (N-methyl/N-ethyl adjacent to an activating group) is 1. The van der Waals surface area contributed by atoms with E-state index in [-0.39, 0.29) is 52.2 Å². The number of hydrogen-bond donors (Lipinski definition) is 5. The lowest BCUT2D eigenvalue weighted by molar-refractivity contribution is -0.151. The maximum absolute atomic E-state index is 13.2. The van der Waals surface area contributed by atoms with Crippen molar-refractivity contribution in [2.45, 2.75) is 129 Å². The summed E-state index contributed by atoms with van der Waals surface area (Å²) in [6.07, 6.45) is 5.68. The summed E-state index contributed by atoms with van der Waals surface area (Å²) in [6, 6.07) is 0. The zero-order valence-corrected chi connectivity index (χ0v) is 30.0. The molecule has 0 aromatic heterocycles. The van der Waals surface area contributed by atoms with E-state index in [4.69, 9.17) is 23.1 Å². The molecule has 2 saturated heterocycles. The number of rotatable bonds is 12. The Labute approximate surface area is 304 Å². The molecule has 12 nitrogen and oxygen atoms in total. The largest absolute Gasteiger partial charge is 0.457 e. The predicted molar refractivity (Wildman–Crippen MR) is 198 cm³/mol. The Morgan fingerprint density at radius 3 is 2.61 bits per heavy atom. The van der Waals surface area contributed by atoms with Gasteiger partial charge >= 0.3 is 12.1 Å². The number of piperazine rings is 1. The van der Waals surface area contributed by atoms with Crippen LogP contribution >= 0.6 is 0 Å². The number of esters is 1. The van der Waals surface area contributed by atoms with Gasteiger partial charge in [0.2, 0.25) is 0 Å². The van der Waals surface area contributed by atoms with E-state index in [2.05, 4.69) is 10.2 Å². The van der Waals surface area contributed by atoms with E-state index in [1.807, 2.05) is 34.7 Å². The molecule has 0 spiro atoms. The highest BCUT2D eigenvalue weighted by atomic mass is 16.6. The second-order valence-electron chi connectivity index (χ2n) is 14.4. The van der Waals surface area contributed by atoms with Gasteiger partial charge in [-0.2, -0.15) is 0 Å². The van der Waals surface area contributed by atoms with Gasteiger partial charge in [-0.25, -0.2) is 4.79 Å². The molecule has 3 aliphatic heterocycles. The van der Waals surface area contributed by atoms with E-state index in [9.17, 15) is 30.0 Å². The van der Waals surface area contributed by atoms with Gasteiger partial charge in [0.1, 0.15) is 11.7 Å². The number of aliphatic hydroxyl groups excluding tert-OH is 2. The van der Waals surface area contributed by atoms with Crippen molar-refractivity contribution in [3.63, 3.8) is 0 Å². The van der Waals surface area contributed by atoms with Crippen molar-refractivity contribution in [1.82, 2.24) is 15.1 Å². The van der Waals surface area contributed by atoms with Gasteiger partial charge < -0.3 is 44.9 Å². The predicted octanol–water partition coefficient (Wildman–Crippen LogP) is 4.17. The second-order valence-corrected chi connectivity index (χ2v) is 14.4. The van der Waals surface area contributed by atoms with Crippen LogP contribution in [0, 0.1) is 11.8 Å². The maximum atomic E-state index is 13.2. The van der Waals surface area contributed by atoms with Crippen molar-refractivity contribution in [2.75, 3.05) is 46.3 Å². The summed E-state index contributed by atoms with van der Waals surface area (Å²) in [4.78, 5) is 30.0. The van der Waals surface area contributed by atoms with Crippen LogP contribution in [0.1, 0.15) is 91.4 Å². The van der Waals surface area contributed by atoms with Gasteiger partial charge in [-0.1, -0.05) is 52.5 Å². The fraction of sp³-hybridized carbons (Fsp3) is 0.784. The number of nitrogens with one attached hydrogen (secondary N) is 1. The van der Waals surface area contributed by atoms with Crippen molar-refractivity contribution < 1.29 is 54.6 Å². The molecule has 0 saturated carbocycles. The Bertz CT molecular complexity index is 1160. The standard InChI is InChI=1S/C36H61N3O9.CH4.4H2/c1-8-28(41)26(4)33-29(46-33)23-35(5,44)14-9-10-24(2)32-25(3)11-12-30(36(6,45)15-13-27(40)22-31(42)48-32)47-34(43)39-20-18-38(19-21-39)17-16-37-7;;;;;/h9-12,14,25-30,32-33,37,40-41,44-45H,8,13,15-23H2,1-7H3;1H4;4*1H/b12-11+,14-9+,24-10+;;;;;/t25-,26+,27+,28-,29+,30-,32+,33+,35-,36+;;;;;/m0...../s1/i;;3*1+1D;1+1. The minimum atomic E-state index is -1.49. The first kappa shape index (κ1) is 37.9. The van der Waals surface area contributed by atoms with E-state index >= 15 is 0 Å². The molecule has 1 amide bonds. The number of carbonyl (C=O) groups excluding carboxylic acids is 2. The van der Waals surface area contributed by atoms with Gasteiger partial charge in [0, 0.05) is 67.9 Å². The van der Waals surface area contributed by atoms with Crippen molar-refractivity contribution in [2.24, 2.45) is 11.8 Å². The van der Waals surface area contributed by atoms with Crippen LogP contribution in [0.5, 0.6) is 0 Å². The molecule has 12 heteroatoms. The first-order valence-electron chi connectivity index (χ1n) is 20.6. The highest BCUT2D eigenvalue weighted by Gasteiger charge is 2.47. The Morgan fingerprint density at radius 2 is 1.98 bits per heavy atom. The summed E-state index contributed by atoms with van der Waals surface area (Å²) >= 11 is 0. The van der Waals surface area contributed by atoms with Crippen LogP contribution in [0.2, 0.25) is 0 Å². The number of hydrogen-bond acceptors (Lipinski definition) is 11. The van der Waals surface area contributed by atoms with Crippen molar-refractivity contribution in [3.8, 4) is 0 Å². The fourth-order valence-corrected chi connectivity index (χ4v) is 6.41. The minimum Gasteiger partial charge on any atom is -0.457 e. The molecule has 10 atom stereocenters. The number of nitrogens with zero attached hydrogens (tertiary/aromatic N) is 2. The number of ether oxygens (including phenoxy) is 3. The van der Waals surface area contributed by atoms with Gasteiger partial charge in [-0.05, 0) is 58.7 Å². The van der Waals surface area contributed by atoms with E-state index in [0.717, 1.165) is 26.2 Å². The molecule has 0 bridgehead atoms. The zero-order chi connectivity index (χ0) is 41.6. The highest BCUT2D eigenvalue weighted by molar-refractivity contribution is 5.70. The molecule has 3 aliphatic rings. The molecule has 49 heavy (non-hydrogen) atoms. The maximum Gasteiger partial charge on any atom is 0.410 e. The van der Waals surface area contributed by atoms with E-state index < -0.39 is 47.7 Å². The molecule has 0 aliphatic carbocycles. The lowest BCUT2D eigenvalue weighted by atomic mass is 9.88. The number of allylic oxidation sites excluding steroid dienone is 2. The van der Waals surface area contributed by atoms with Gasteiger partial charge in [0.15, 0.2) is 6.10 Å². The minimum absolute atomic E-state index is 0. The molecule has 290 valence electrons.